The molecule has 4 N–H and O–H groups in total. The van der Waals surface area contributed by atoms with Crippen molar-refractivity contribution in [3.8, 4) is 0 Å². The van der Waals surface area contributed by atoms with Crippen LogP contribution in [0.5, 0.6) is 0 Å². The van der Waals surface area contributed by atoms with Crippen LogP contribution in [0.2, 0.25) is 0 Å². The number of aliphatic hydroxyl groups is 2. The van der Waals surface area contributed by atoms with Crippen LogP contribution in [0.15, 0.2) is 46.2 Å². The molecule has 0 saturated heterocycles. The number of aliphatic carboxylic acids is 1. The maximum atomic E-state index is 13.0. The van der Waals surface area contributed by atoms with E-state index in [2.05, 4.69) is 5.48 Å². The van der Waals surface area contributed by atoms with Crippen molar-refractivity contribution in [3.63, 3.8) is 0 Å². The third-order valence-electron chi connectivity index (χ3n) is 7.52. The third kappa shape index (κ3) is 7.78. The van der Waals surface area contributed by atoms with E-state index in [1.54, 1.807) is 24.5 Å². The zero-order chi connectivity index (χ0) is 27.8. The monoisotopic (exact) mass is 533 g/mol. The van der Waals surface area contributed by atoms with Crippen molar-refractivity contribution in [2.75, 3.05) is 0 Å². The van der Waals surface area contributed by atoms with Crippen LogP contribution in [-0.2, 0) is 30.6 Å². The van der Waals surface area contributed by atoms with Gasteiger partial charge in [-0.15, -0.1) is 0 Å². The molecule has 0 aliphatic heterocycles. The number of carboxylic acid groups (broad SMARTS) is 1. The summed E-state index contributed by atoms with van der Waals surface area (Å²) in [5.41, 5.74) is 4.25. The lowest BCUT2D eigenvalue weighted by molar-refractivity contribution is -0.157. The topological polar surface area (TPSA) is 156 Å². The summed E-state index contributed by atoms with van der Waals surface area (Å²) in [6, 6.07) is 3.54. The number of nitrogens with one attached hydrogen (secondary N) is 1. The summed E-state index contributed by atoms with van der Waals surface area (Å²) in [5, 5.41) is 29.3. The van der Waals surface area contributed by atoms with Crippen molar-refractivity contribution in [3.05, 3.63) is 47.6 Å². The van der Waals surface area contributed by atoms with Crippen molar-refractivity contribution < 1.29 is 43.7 Å². The molecular weight excluding hydrogens is 494 g/mol. The van der Waals surface area contributed by atoms with E-state index in [9.17, 15) is 24.6 Å². The molecule has 210 valence electrons. The van der Waals surface area contributed by atoms with Gasteiger partial charge in [0, 0.05) is 18.3 Å². The van der Waals surface area contributed by atoms with Gasteiger partial charge in [0.25, 0.3) is 0 Å². The summed E-state index contributed by atoms with van der Waals surface area (Å²) in [5.74, 6) is -2.09. The summed E-state index contributed by atoms with van der Waals surface area (Å²) >= 11 is 0. The molecule has 10 heteroatoms. The van der Waals surface area contributed by atoms with E-state index in [1.807, 2.05) is 26.8 Å². The van der Waals surface area contributed by atoms with Crippen LogP contribution in [0.3, 0.4) is 0 Å². The number of hydrogen-bond acceptors (Lipinski definition) is 9. The number of ether oxygens (including phenoxy) is 1. The maximum Gasteiger partial charge on any atom is 0.308 e. The number of aliphatic hydroxyl groups excluding tert-OH is 2. The first-order chi connectivity index (χ1) is 18.1. The molecule has 0 fully saturated rings. The van der Waals surface area contributed by atoms with Crippen molar-refractivity contribution >= 4 is 17.7 Å². The van der Waals surface area contributed by atoms with E-state index in [0.717, 1.165) is 0 Å². The summed E-state index contributed by atoms with van der Waals surface area (Å²) in [6.45, 7) is 5.74. The van der Waals surface area contributed by atoms with Crippen LogP contribution in [0.25, 0.3) is 0 Å². The smallest absolute Gasteiger partial charge is 0.308 e. The molecule has 0 bridgehead atoms. The van der Waals surface area contributed by atoms with Gasteiger partial charge in [0.1, 0.15) is 18.5 Å². The second kappa shape index (κ2) is 13.7. The zero-order valence-corrected chi connectivity index (χ0v) is 22.2. The molecule has 1 heterocycles. The highest BCUT2D eigenvalue weighted by Gasteiger charge is 2.45. The number of ketones is 1. The lowest BCUT2D eigenvalue weighted by Gasteiger charge is -2.43. The first-order valence-electron chi connectivity index (χ1n) is 13.2. The van der Waals surface area contributed by atoms with Gasteiger partial charge in [-0.3, -0.25) is 24.7 Å². The molecule has 0 spiro atoms. The van der Waals surface area contributed by atoms with Crippen molar-refractivity contribution in [1.82, 2.24) is 5.48 Å². The number of rotatable bonds is 14. The van der Waals surface area contributed by atoms with Crippen molar-refractivity contribution in [2.24, 2.45) is 23.7 Å². The lowest BCUT2D eigenvalue weighted by atomic mass is 9.64. The fourth-order valence-corrected chi connectivity index (χ4v) is 5.13. The summed E-state index contributed by atoms with van der Waals surface area (Å²) < 4.78 is 11.3. The predicted molar refractivity (Wildman–Crippen MR) is 136 cm³/mol. The molecule has 7 unspecified atom stereocenters. The average Bonchev–Trinajstić information content (AvgIpc) is 3.38. The fraction of sp³-hybridized carbons (Fsp3) is 0.607. The largest absolute Gasteiger partial charge is 0.481 e. The fourth-order valence-electron chi connectivity index (χ4n) is 5.13. The SMILES string of the molecule is CCC(C)C(=O)OC1CC=C(NOCc2ccco2)C2=CC(=O)C(C)C(CCC(O)CC(O)CC(=O)O)C21. The van der Waals surface area contributed by atoms with Gasteiger partial charge < -0.3 is 24.5 Å². The average molecular weight is 534 g/mol. The van der Waals surface area contributed by atoms with Gasteiger partial charge >= 0.3 is 11.9 Å². The van der Waals surface area contributed by atoms with Crippen LogP contribution in [0, 0.1) is 23.7 Å². The Balaban J connectivity index is 1.79. The molecule has 2 aliphatic carbocycles. The van der Waals surface area contributed by atoms with Gasteiger partial charge in [-0.2, -0.15) is 0 Å². The quantitative estimate of drug-likeness (QED) is 0.207. The van der Waals surface area contributed by atoms with Gasteiger partial charge in [0.2, 0.25) is 0 Å². The summed E-state index contributed by atoms with van der Waals surface area (Å²) in [4.78, 5) is 42.2. The molecule has 0 saturated carbocycles. The second-order valence-corrected chi connectivity index (χ2v) is 10.3. The molecule has 0 aromatic carbocycles. The van der Waals surface area contributed by atoms with E-state index < -0.39 is 30.7 Å². The Morgan fingerprint density at radius 2 is 2.03 bits per heavy atom. The minimum absolute atomic E-state index is 0.0747. The molecule has 10 nitrogen and oxygen atoms in total. The molecule has 1 aromatic rings. The number of furan rings is 1. The number of fused-ring (bicyclic) bond motifs is 1. The Morgan fingerprint density at radius 1 is 1.26 bits per heavy atom. The Bertz CT molecular complexity index is 1020. The van der Waals surface area contributed by atoms with Gasteiger partial charge in [-0.25, -0.2) is 0 Å². The summed E-state index contributed by atoms with van der Waals surface area (Å²) in [7, 11) is 0. The van der Waals surface area contributed by atoms with E-state index in [4.69, 9.17) is 19.1 Å². The number of carbonyl (C=O) groups is 3. The normalized spacial score (nSPS) is 25.4. The maximum absolute atomic E-state index is 13.0. The van der Waals surface area contributed by atoms with Gasteiger partial charge in [-0.05, 0) is 55.4 Å². The standard InChI is InChI=1S/C28H39NO9/c1-4-16(2)28(35)38-25-10-9-23(29-37-15-20-6-5-11-36-20)22-14-24(32)17(3)21(27(22)25)8-7-18(30)12-19(31)13-26(33)34/h5-6,9,11,14,16-19,21,25,27,29-31H,4,7-8,10,12-13,15H2,1-3H3,(H,33,34). The van der Waals surface area contributed by atoms with E-state index in [1.165, 1.54) is 0 Å². The number of carbonyl (C=O) groups excluding carboxylic acids is 2. The highest BCUT2D eigenvalue weighted by atomic mass is 16.6. The first-order valence-corrected chi connectivity index (χ1v) is 13.2. The van der Waals surface area contributed by atoms with Gasteiger partial charge in [0.15, 0.2) is 5.78 Å². The Labute approximate surface area is 222 Å². The van der Waals surface area contributed by atoms with Gasteiger partial charge in [0.05, 0.1) is 36.5 Å². The number of esters is 1. The van der Waals surface area contributed by atoms with Crippen LogP contribution >= 0.6 is 0 Å². The Kier molecular flexibility index (Phi) is 10.7. The number of hydrogen-bond donors (Lipinski definition) is 4. The Morgan fingerprint density at radius 3 is 2.68 bits per heavy atom. The van der Waals surface area contributed by atoms with E-state index >= 15 is 0 Å². The van der Waals surface area contributed by atoms with E-state index in [-0.39, 0.29) is 54.9 Å². The number of carboxylic acids is 1. The third-order valence-corrected chi connectivity index (χ3v) is 7.52. The van der Waals surface area contributed by atoms with Crippen molar-refractivity contribution in [2.45, 2.75) is 84.2 Å². The molecule has 3 rings (SSSR count). The first kappa shape index (κ1) is 29.6. The molecular formula is C28H39NO9. The molecule has 0 amide bonds. The minimum atomic E-state index is -1.16. The lowest BCUT2D eigenvalue weighted by Crippen LogP contribution is -2.45. The number of hydroxylamine groups is 1. The Hall–Kier alpha value is -2.95. The highest BCUT2D eigenvalue weighted by molar-refractivity contribution is 5.94. The molecule has 1 aromatic heterocycles. The van der Waals surface area contributed by atoms with E-state index in [0.29, 0.717) is 36.3 Å². The second-order valence-electron chi connectivity index (χ2n) is 10.3. The zero-order valence-electron chi connectivity index (χ0n) is 22.2. The van der Waals surface area contributed by atoms with Gasteiger partial charge in [-0.1, -0.05) is 26.8 Å². The predicted octanol–water partition coefficient (Wildman–Crippen LogP) is 3.29. The van der Waals surface area contributed by atoms with Crippen molar-refractivity contribution in [1.29, 1.82) is 0 Å². The molecule has 2 aliphatic rings. The van der Waals surface area contributed by atoms with Crippen LogP contribution in [0.4, 0.5) is 0 Å². The highest BCUT2D eigenvalue weighted by Crippen LogP contribution is 2.45. The van der Waals surface area contributed by atoms with Crippen LogP contribution in [0.1, 0.15) is 65.1 Å². The molecule has 38 heavy (non-hydrogen) atoms. The molecule has 0 radical (unpaired) electrons. The molecule has 7 atom stereocenters. The minimum Gasteiger partial charge on any atom is -0.481 e. The van der Waals surface area contributed by atoms with Crippen LogP contribution in [-0.4, -0.2) is 51.4 Å². The van der Waals surface area contributed by atoms with Crippen LogP contribution < -0.4 is 5.48 Å². The summed E-state index contributed by atoms with van der Waals surface area (Å²) in [6.07, 6.45) is 3.63. The number of allylic oxidation sites excluding steroid dienone is 2.